The van der Waals surface area contributed by atoms with E-state index in [4.69, 9.17) is 0 Å². The monoisotopic (exact) mass is 147 g/mol. The third-order valence-electron chi connectivity index (χ3n) is 1.46. The molecule has 11 heavy (non-hydrogen) atoms. The van der Waals surface area contributed by atoms with Gasteiger partial charge in [-0.05, 0) is 12.2 Å². The highest BCUT2D eigenvalue weighted by atomic mass is 16.2. The molecule has 0 radical (unpaired) electrons. The summed E-state index contributed by atoms with van der Waals surface area (Å²) in [6.45, 7) is 3.65. The molecule has 0 atom stereocenters. The minimum Gasteiger partial charge on any atom is -0.339 e. The molecule has 0 bridgehead atoms. The highest BCUT2D eigenvalue weighted by Gasteiger charge is 2.21. The Morgan fingerprint density at radius 3 is 3.00 bits per heavy atom. The Morgan fingerprint density at radius 2 is 2.18 bits per heavy atom. The van der Waals surface area contributed by atoms with E-state index in [2.05, 4.69) is 22.1 Å². The van der Waals surface area contributed by atoms with Crippen LogP contribution in [-0.2, 0) is 4.79 Å². The molecule has 0 aromatic carbocycles. The van der Waals surface area contributed by atoms with Gasteiger partial charge in [-0.2, -0.15) is 0 Å². The number of amides is 1. The molecule has 1 N–H and O–H groups in total. The normalized spacial score (nSPS) is 20.7. The van der Waals surface area contributed by atoms with Gasteiger partial charge in [0.1, 0.15) is 0 Å². The average molecular weight is 147 g/mol. The van der Waals surface area contributed by atoms with E-state index in [1.807, 2.05) is 0 Å². The van der Waals surface area contributed by atoms with Crippen molar-refractivity contribution in [1.82, 2.24) is 5.32 Å². The first kappa shape index (κ1) is 6.03. The van der Waals surface area contributed by atoms with Gasteiger partial charge in [0.2, 0.25) is 0 Å². The zero-order valence-electron chi connectivity index (χ0n) is 5.66. The van der Waals surface area contributed by atoms with Crippen LogP contribution in [0.15, 0.2) is 46.1 Å². The first-order valence-corrected chi connectivity index (χ1v) is 3.12. The van der Waals surface area contributed by atoms with Gasteiger partial charge in [0.05, 0.1) is 5.57 Å². The molecule has 4 nitrogen and oxygen atoms in total. The zero-order chi connectivity index (χ0) is 7.84. The second kappa shape index (κ2) is 1.88. The number of rotatable bonds is 0. The Morgan fingerprint density at radius 1 is 1.36 bits per heavy atom. The lowest BCUT2D eigenvalue weighted by molar-refractivity contribution is -0.114. The SMILES string of the molecule is C=C1C=CC2=C(N=NC2=O)N1. The van der Waals surface area contributed by atoms with Crippen LogP contribution in [0.25, 0.3) is 0 Å². The van der Waals surface area contributed by atoms with Crippen molar-refractivity contribution in [2.24, 2.45) is 10.2 Å². The fraction of sp³-hybridized carbons (Fsp3) is 0. The van der Waals surface area contributed by atoms with Crippen LogP contribution in [0.5, 0.6) is 0 Å². The molecule has 2 rings (SSSR count). The predicted molar refractivity (Wildman–Crippen MR) is 38.3 cm³/mol. The second-order valence-corrected chi connectivity index (χ2v) is 2.25. The fourth-order valence-electron chi connectivity index (χ4n) is 0.925. The summed E-state index contributed by atoms with van der Waals surface area (Å²) in [6.07, 6.45) is 3.38. The van der Waals surface area contributed by atoms with Crippen LogP contribution in [0, 0.1) is 0 Å². The first-order chi connectivity index (χ1) is 5.27. The molecule has 2 aliphatic rings. The van der Waals surface area contributed by atoms with Gasteiger partial charge in [0, 0.05) is 5.70 Å². The number of hydrogen-bond acceptors (Lipinski definition) is 3. The molecule has 1 amide bonds. The highest BCUT2D eigenvalue weighted by Crippen LogP contribution is 2.20. The minimum absolute atomic E-state index is 0.295. The van der Waals surface area contributed by atoms with E-state index in [-0.39, 0.29) is 5.91 Å². The van der Waals surface area contributed by atoms with E-state index in [1.165, 1.54) is 0 Å². The molecular formula is C7H5N3O. The van der Waals surface area contributed by atoms with Gasteiger partial charge in [0.15, 0.2) is 5.82 Å². The molecule has 4 heteroatoms. The molecule has 0 unspecified atom stereocenters. The van der Waals surface area contributed by atoms with Gasteiger partial charge < -0.3 is 5.32 Å². The van der Waals surface area contributed by atoms with Gasteiger partial charge in [-0.3, -0.25) is 4.79 Å². The lowest BCUT2D eigenvalue weighted by Crippen LogP contribution is -2.13. The lowest BCUT2D eigenvalue weighted by atomic mass is 10.2. The maximum Gasteiger partial charge on any atom is 0.299 e. The number of allylic oxidation sites excluding steroid dienone is 1. The van der Waals surface area contributed by atoms with Crippen LogP contribution < -0.4 is 5.32 Å². The van der Waals surface area contributed by atoms with Crippen molar-refractivity contribution in [2.45, 2.75) is 0 Å². The van der Waals surface area contributed by atoms with Crippen molar-refractivity contribution in [2.75, 3.05) is 0 Å². The molecule has 0 saturated carbocycles. The number of dihydropyridines is 1. The van der Waals surface area contributed by atoms with Crippen molar-refractivity contribution in [1.29, 1.82) is 0 Å². The molecule has 0 aromatic heterocycles. The Bertz CT molecular complexity index is 336. The molecule has 2 heterocycles. The average Bonchev–Trinajstić information content (AvgIpc) is 2.32. The summed E-state index contributed by atoms with van der Waals surface area (Å²) < 4.78 is 0. The van der Waals surface area contributed by atoms with E-state index >= 15 is 0 Å². The third-order valence-corrected chi connectivity index (χ3v) is 1.46. The first-order valence-electron chi connectivity index (χ1n) is 3.12. The number of nitrogens with zero attached hydrogens (tertiary/aromatic N) is 2. The molecule has 0 aromatic rings. The van der Waals surface area contributed by atoms with Crippen LogP contribution in [0.3, 0.4) is 0 Å². The zero-order valence-corrected chi connectivity index (χ0v) is 5.66. The molecular weight excluding hydrogens is 142 g/mol. The van der Waals surface area contributed by atoms with Crippen molar-refractivity contribution in [3.8, 4) is 0 Å². The van der Waals surface area contributed by atoms with Crippen molar-refractivity contribution in [3.63, 3.8) is 0 Å². The quantitative estimate of drug-likeness (QED) is 0.552. The number of azo groups is 1. The van der Waals surface area contributed by atoms with Gasteiger partial charge in [-0.1, -0.05) is 6.58 Å². The minimum atomic E-state index is -0.295. The number of carbonyl (C=O) groups is 1. The van der Waals surface area contributed by atoms with E-state index in [9.17, 15) is 4.79 Å². The Balaban J connectivity index is 2.46. The highest BCUT2D eigenvalue weighted by molar-refractivity contribution is 5.99. The molecule has 0 saturated heterocycles. The van der Waals surface area contributed by atoms with Crippen molar-refractivity contribution < 1.29 is 4.79 Å². The smallest absolute Gasteiger partial charge is 0.299 e. The van der Waals surface area contributed by atoms with E-state index in [0.29, 0.717) is 11.4 Å². The summed E-state index contributed by atoms with van der Waals surface area (Å²) in [6, 6.07) is 0. The van der Waals surface area contributed by atoms with Crippen LogP contribution in [0.2, 0.25) is 0 Å². The van der Waals surface area contributed by atoms with Crippen molar-refractivity contribution in [3.05, 3.63) is 35.8 Å². The number of nitrogens with one attached hydrogen (secondary N) is 1. The van der Waals surface area contributed by atoms with Gasteiger partial charge >= 0.3 is 0 Å². The summed E-state index contributed by atoms with van der Waals surface area (Å²) in [5, 5.41) is 9.82. The molecule has 0 aliphatic carbocycles. The summed E-state index contributed by atoms with van der Waals surface area (Å²) >= 11 is 0. The van der Waals surface area contributed by atoms with Crippen molar-refractivity contribution >= 4 is 5.91 Å². The van der Waals surface area contributed by atoms with Crippen LogP contribution in [0.4, 0.5) is 0 Å². The Hall–Kier alpha value is -1.71. The second-order valence-electron chi connectivity index (χ2n) is 2.25. The van der Waals surface area contributed by atoms with Crippen LogP contribution in [-0.4, -0.2) is 5.91 Å². The summed E-state index contributed by atoms with van der Waals surface area (Å²) in [5.41, 5.74) is 1.23. The Kier molecular flexibility index (Phi) is 1.03. The summed E-state index contributed by atoms with van der Waals surface area (Å²) in [5.74, 6) is 0.207. The van der Waals surface area contributed by atoms with Crippen LogP contribution in [0.1, 0.15) is 0 Å². The van der Waals surface area contributed by atoms with E-state index in [0.717, 1.165) is 5.70 Å². The van der Waals surface area contributed by atoms with E-state index in [1.54, 1.807) is 12.2 Å². The molecule has 2 aliphatic heterocycles. The molecule has 0 spiro atoms. The molecule has 54 valence electrons. The van der Waals surface area contributed by atoms with Gasteiger partial charge in [-0.25, -0.2) is 0 Å². The van der Waals surface area contributed by atoms with Gasteiger partial charge in [-0.15, -0.1) is 10.2 Å². The Labute approximate surface area is 63.0 Å². The third kappa shape index (κ3) is 0.797. The topological polar surface area (TPSA) is 53.8 Å². The predicted octanol–water partition coefficient (Wildman–Crippen LogP) is 0.863. The summed E-state index contributed by atoms with van der Waals surface area (Å²) in [7, 11) is 0. The standard InChI is InChI=1S/C7H5N3O/c1-4-2-3-5-6(8-4)9-10-7(5)11/h2-3,8H,1H2. The largest absolute Gasteiger partial charge is 0.339 e. The van der Waals surface area contributed by atoms with Crippen LogP contribution >= 0.6 is 0 Å². The molecule has 0 fully saturated rings. The van der Waals surface area contributed by atoms with Gasteiger partial charge in [0.25, 0.3) is 5.91 Å². The number of carbonyl (C=O) groups excluding carboxylic acids is 1. The summed E-state index contributed by atoms with van der Waals surface area (Å²) in [4.78, 5) is 10.9. The van der Waals surface area contributed by atoms with E-state index < -0.39 is 0 Å². The maximum atomic E-state index is 10.9. The maximum absolute atomic E-state index is 10.9. The lowest BCUT2D eigenvalue weighted by Gasteiger charge is -2.07. The number of hydrogen-bond donors (Lipinski definition) is 1. The fourth-order valence-corrected chi connectivity index (χ4v) is 0.925.